The molecule has 2 aliphatic heterocycles. The second-order valence-electron chi connectivity index (χ2n) is 7.05. The Bertz CT molecular complexity index is 675. The molecule has 132 valence electrons. The lowest BCUT2D eigenvalue weighted by molar-refractivity contribution is 0.436. The number of piperazine rings is 1. The zero-order valence-corrected chi connectivity index (χ0v) is 14.9. The minimum Gasteiger partial charge on any atom is -0.356 e. The Balaban J connectivity index is 1.40. The molecule has 0 saturated carbocycles. The first-order valence-corrected chi connectivity index (χ1v) is 9.28. The van der Waals surface area contributed by atoms with Crippen LogP contribution in [0.15, 0.2) is 36.7 Å². The van der Waals surface area contributed by atoms with E-state index in [0.29, 0.717) is 0 Å². The Labute approximate surface area is 149 Å². The van der Waals surface area contributed by atoms with Crippen LogP contribution >= 0.6 is 0 Å². The Morgan fingerprint density at radius 2 is 1.48 bits per heavy atom. The SMILES string of the molecule is CC1CCN(c2ccnc(N3CCN(c4ccccn4)CC3)n2)CC1. The van der Waals surface area contributed by atoms with Gasteiger partial charge in [0.1, 0.15) is 11.6 Å². The summed E-state index contributed by atoms with van der Waals surface area (Å²) < 4.78 is 0. The summed E-state index contributed by atoms with van der Waals surface area (Å²) in [6.07, 6.45) is 6.26. The lowest BCUT2D eigenvalue weighted by Gasteiger charge is -2.36. The molecule has 2 aliphatic rings. The van der Waals surface area contributed by atoms with E-state index in [1.807, 2.05) is 30.6 Å². The van der Waals surface area contributed by atoms with Gasteiger partial charge in [-0.1, -0.05) is 13.0 Å². The maximum absolute atomic E-state index is 4.85. The fraction of sp³-hybridized carbons (Fsp3) is 0.526. The second kappa shape index (κ2) is 7.25. The van der Waals surface area contributed by atoms with Gasteiger partial charge in [0.15, 0.2) is 0 Å². The van der Waals surface area contributed by atoms with Crippen molar-refractivity contribution in [2.75, 3.05) is 54.0 Å². The molecular weight excluding hydrogens is 312 g/mol. The average Bonchev–Trinajstić information content (AvgIpc) is 2.69. The molecule has 2 saturated heterocycles. The van der Waals surface area contributed by atoms with Crippen molar-refractivity contribution in [1.29, 1.82) is 0 Å². The molecule has 4 heterocycles. The molecule has 4 rings (SSSR count). The molecular formula is C19H26N6. The van der Waals surface area contributed by atoms with Crippen molar-refractivity contribution in [2.45, 2.75) is 19.8 Å². The number of anilines is 3. The summed E-state index contributed by atoms with van der Waals surface area (Å²) in [5.74, 6) is 3.82. The van der Waals surface area contributed by atoms with Gasteiger partial charge in [-0.3, -0.25) is 0 Å². The monoisotopic (exact) mass is 338 g/mol. The highest BCUT2D eigenvalue weighted by Crippen LogP contribution is 2.23. The molecule has 0 N–H and O–H groups in total. The maximum atomic E-state index is 4.85. The molecule has 0 atom stereocenters. The van der Waals surface area contributed by atoms with Crippen LogP contribution in [-0.4, -0.2) is 54.2 Å². The standard InChI is InChI=1S/C19H26N6/c1-16-6-10-23(11-7-16)18-5-9-21-19(22-18)25-14-12-24(13-15-25)17-4-2-3-8-20-17/h2-5,8-9,16H,6-7,10-15H2,1H3. The van der Waals surface area contributed by atoms with Gasteiger partial charge in [0, 0.05) is 51.7 Å². The van der Waals surface area contributed by atoms with Crippen molar-refractivity contribution in [3.05, 3.63) is 36.7 Å². The van der Waals surface area contributed by atoms with E-state index in [1.165, 1.54) is 12.8 Å². The Morgan fingerprint density at radius 1 is 0.760 bits per heavy atom. The Hall–Kier alpha value is -2.37. The molecule has 0 spiro atoms. The van der Waals surface area contributed by atoms with E-state index in [9.17, 15) is 0 Å². The van der Waals surface area contributed by atoms with Gasteiger partial charge < -0.3 is 14.7 Å². The largest absolute Gasteiger partial charge is 0.356 e. The molecule has 0 amide bonds. The molecule has 0 radical (unpaired) electrons. The van der Waals surface area contributed by atoms with Gasteiger partial charge in [-0.2, -0.15) is 4.98 Å². The summed E-state index contributed by atoms with van der Waals surface area (Å²) in [5.41, 5.74) is 0. The van der Waals surface area contributed by atoms with E-state index in [-0.39, 0.29) is 0 Å². The van der Waals surface area contributed by atoms with E-state index in [0.717, 1.165) is 62.8 Å². The summed E-state index contributed by atoms with van der Waals surface area (Å²) >= 11 is 0. The number of piperidine rings is 1. The first kappa shape index (κ1) is 16.1. The summed E-state index contributed by atoms with van der Waals surface area (Å²) in [6, 6.07) is 8.12. The molecule has 0 unspecified atom stereocenters. The third-order valence-corrected chi connectivity index (χ3v) is 5.27. The molecule has 2 fully saturated rings. The van der Waals surface area contributed by atoms with Crippen molar-refractivity contribution in [2.24, 2.45) is 5.92 Å². The normalized spacial score (nSPS) is 19.3. The Kier molecular flexibility index (Phi) is 4.68. The van der Waals surface area contributed by atoms with Gasteiger partial charge >= 0.3 is 0 Å². The lowest BCUT2D eigenvalue weighted by atomic mass is 9.99. The van der Waals surface area contributed by atoms with Crippen LogP contribution in [0.1, 0.15) is 19.8 Å². The van der Waals surface area contributed by atoms with Gasteiger partial charge in [-0.05, 0) is 37.0 Å². The topological polar surface area (TPSA) is 48.4 Å². The summed E-state index contributed by atoms with van der Waals surface area (Å²) in [4.78, 5) is 20.8. The molecule has 0 aliphatic carbocycles. The van der Waals surface area contributed by atoms with Crippen LogP contribution in [-0.2, 0) is 0 Å². The van der Waals surface area contributed by atoms with Crippen LogP contribution in [0, 0.1) is 5.92 Å². The van der Waals surface area contributed by atoms with Crippen LogP contribution in [0.4, 0.5) is 17.6 Å². The molecule has 0 aromatic carbocycles. The smallest absolute Gasteiger partial charge is 0.227 e. The van der Waals surface area contributed by atoms with Crippen LogP contribution in [0.3, 0.4) is 0 Å². The van der Waals surface area contributed by atoms with E-state index in [1.54, 1.807) is 0 Å². The highest BCUT2D eigenvalue weighted by molar-refractivity contribution is 5.46. The van der Waals surface area contributed by atoms with E-state index in [2.05, 4.69) is 37.7 Å². The van der Waals surface area contributed by atoms with Crippen LogP contribution in [0.2, 0.25) is 0 Å². The average molecular weight is 338 g/mol. The number of pyridine rings is 1. The minimum atomic E-state index is 0.831. The van der Waals surface area contributed by atoms with Crippen molar-refractivity contribution in [3.8, 4) is 0 Å². The minimum absolute atomic E-state index is 0.831. The van der Waals surface area contributed by atoms with E-state index in [4.69, 9.17) is 4.98 Å². The first-order valence-electron chi connectivity index (χ1n) is 9.28. The highest BCUT2D eigenvalue weighted by Gasteiger charge is 2.22. The molecule has 0 bridgehead atoms. The van der Waals surface area contributed by atoms with Crippen molar-refractivity contribution in [3.63, 3.8) is 0 Å². The van der Waals surface area contributed by atoms with Gasteiger partial charge in [-0.25, -0.2) is 9.97 Å². The summed E-state index contributed by atoms with van der Waals surface area (Å²) in [5, 5.41) is 0. The molecule has 2 aromatic rings. The first-order chi connectivity index (χ1) is 12.3. The number of hydrogen-bond acceptors (Lipinski definition) is 6. The Morgan fingerprint density at radius 3 is 2.20 bits per heavy atom. The third kappa shape index (κ3) is 3.67. The van der Waals surface area contributed by atoms with Crippen molar-refractivity contribution < 1.29 is 0 Å². The number of nitrogens with zero attached hydrogens (tertiary/aromatic N) is 6. The zero-order valence-electron chi connectivity index (χ0n) is 14.9. The fourth-order valence-electron chi connectivity index (χ4n) is 3.58. The summed E-state index contributed by atoms with van der Waals surface area (Å²) in [7, 11) is 0. The molecule has 25 heavy (non-hydrogen) atoms. The fourth-order valence-corrected chi connectivity index (χ4v) is 3.58. The van der Waals surface area contributed by atoms with Crippen LogP contribution < -0.4 is 14.7 Å². The van der Waals surface area contributed by atoms with Gasteiger partial charge in [0.05, 0.1) is 0 Å². The molecule has 2 aromatic heterocycles. The van der Waals surface area contributed by atoms with Crippen LogP contribution in [0.25, 0.3) is 0 Å². The number of aromatic nitrogens is 3. The van der Waals surface area contributed by atoms with E-state index >= 15 is 0 Å². The number of hydrogen-bond donors (Lipinski definition) is 0. The van der Waals surface area contributed by atoms with Gasteiger partial charge in [0.25, 0.3) is 0 Å². The van der Waals surface area contributed by atoms with Gasteiger partial charge in [0.2, 0.25) is 5.95 Å². The van der Waals surface area contributed by atoms with Gasteiger partial charge in [-0.15, -0.1) is 0 Å². The zero-order chi connectivity index (χ0) is 17.1. The number of rotatable bonds is 3. The maximum Gasteiger partial charge on any atom is 0.227 e. The molecule has 6 nitrogen and oxygen atoms in total. The predicted octanol–water partition coefficient (Wildman–Crippen LogP) is 2.43. The second-order valence-corrected chi connectivity index (χ2v) is 7.05. The van der Waals surface area contributed by atoms with Crippen LogP contribution in [0.5, 0.6) is 0 Å². The quantitative estimate of drug-likeness (QED) is 0.857. The highest BCUT2D eigenvalue weighted by atomic mass is 15.3. The lowest BCUT2D eigenvalue weighted by Crippen LogP contribution is -2.47. The third-order valence-electron chi connectivity index (χ3n) is 5.27. The summed E-state index contributed by atoms with van der Waals surface area (Å²) in [6.45, 7) is 8.30. The molecule has 6 heteroatoms. The predicted molar refractivity (Wildman–Crippen MR) is 101 cm³/mol. The van der Waals surface area contributed by atoms with Crippen molar-refractivity contribution in [1.82, 2.24) is 15.0 Å². The van der Waals surface area contributed by atoms with E-state index < -0.39 is 0 Å². The van der Waals surface area contributed by atoms with Crippen molar-refractivity contribution >= 4 is 17.6 Å².